The molecule has 110 valence electrons. The summed E-state index contributed by atoms with van der Waals surface area (Å²) < 4.78 is 21.5. The second kappa shape index (κ2) is 4.82. The molecule has 1 saturated heterocycles. The van der Waals surface area contributed by atoms with Crippen LogP contribution in [0, 0.1) is 12.3 Å². The number of rotatable bonds is 2. The number of fused-ring (bicyclic) bond motifs is 1. The van der Waals surface area contributed by atoms with Crippen LogP contribution in [0.2, 0.25) is 0 Å². The molecular formula is C12H12ClN5O3. The summed E-state index contributed by atoms with van der Waals surface area (Å²) in [4.78, 5) is 10.0. The lowest BCUT2D eigenvalue weighted by Crippen LogP contribution is -2.41. The first kappa shape index (κ1) is 11.7. The Morgan fingerprint density at radius 3 is 3.10 bits per heavy atom. The molecule has 1 fully saturated rings. The number of anilines is 1. The summed E-state index contributed by atoms with van der Waals surface area (Å²) in [7, 11) is 0. The predicted octanol–water partition coefficient (Wildman–Crippen LogP) is -0.730. The third kappa shape index (κ3) is 1.94. The minimum Gasteiger partial charge on any atom is -0.394 e. The van der Waals surface area contributed by atoms with Gasteiger partial charge in [0.05, 0.1) is 21.8 Å². The lowest BCUT2D eigenvalue weighted by molar-refractivity contribution is -0.0436. The van der Waals surface area contributed by atoms with E-state index in [0.717, 1.165) is 0 Å². The molecule has 3 heterocycles. The lowest BCUT2D eigenvalue weighted by atomic mass is 9.99. The van der Waals surface area contributed by atoms with Crippen molar-refractivity contribution in [3.8, 4) is 12.3 Å². The van der Waals surface area contributed by atoms with Crippen molar-refractivity contribution >= 4 is 28.7 Å². The SMILES string of the molecule is [2H]C([2H])(O)[C@H]1O[C@@H](n2cnc3cnc(N)nc32)C(Cl)(C#C)[C@H]1O. The van der Waals surface area contributed by atoms with E-state index in [9.17, 15) is 10.2 Å². The van der Waals surface area contributed by atoms with Crippen molar-refractivity contribution in [1.29, 1.82) is 0 Å². The lowest BCUT2D eigenvalue weighted by Gasteiger charge is -2.25. The number of nitrogen functional groups attached to an aromatic ring is 1. The highest BCUT2D eigenvalue weighted by molar-refractivity contribution is 6.27. The Morgan fingerprint density at radius 1 is 1.67 bits per heavy atom. The molecule has 0 saturated carbocycles. The fraction of sp³-hybridized carbons (Fsp3) is 0.417. The molecule has 0 spiro atoms. The maximum absolute atomic E-state index is 10.2. The van der Waals surface area contributed by atoms with Crippen LogP contribution in [0.25, 0.3) is 11.2 Å². The average Bonchev–Trinajstić information content (AvgIpc) is 2.99. The monoisotopic (exact) mass is 311 g/mol. The Labute approximate surface area is 127 Å². The van der Waals surface area contributed by atoms with Crippen molar-refractivity contribution in [2.45, 2.75) is 23.3 Å². The van der Waals surface area contributed by atoms with E-state index in [4.69, 9.17) is 31.2 Å². The summed E-state index contributed by atoms with van der Waals surface area (Å²) in [6.45, 7) is -2.85. The summed E-state index contributed by atoms with van der Waals surface area (Å²) in [5.74, 6) is 2.18. The number of hydrogen-bond acceptors (Lipinski definition) is 7. The van der Waals surface area contributed by atoms with E-state index in [-0.39, 0.29) is 11.6 Å². The summed E-state index contributed by atoms with van der Waals surface area (Å²) in [5, 5.41) is 19.8. The second-order valence-electron chi connectivity index (χ2n) is 4.48. The molecule has 1 aliphatic heterocycles. The van der Waals surface area contributed by atoms with E-state index in [1.165, 1.54) is 17.1 Å². The van der Waals surface area contributed by atoms with Crippen molar-refractivity contribution in [3.63, 3.8) is 0 Å². The summed E-state index contributed by atoms with van der Waals surface area (Å²) in [6, 6.07) is 0. The number of nitrogens with two attached hydrogens (primary N) is 1. The predicted molar refractivity (Wildman–Crippen MR) is 74.2 cm³/mol. The Balaban J connectivity index is 2.14. The van der Waals surface area contributed by atoms with Crippen molar-refractivity contribution in [2.75, 3.05) is 12.3 Å². The van der Waals surface area contributed by atoms with Crippen LogP contribution in [-0.4, -0.2) is 53.4 Å². The number of nitrogens with zero attached hydrogens (tertiary/aromatic N) is 4. The van der Waals surface area contributed by atoms with Crippen LogP contribution < -0.4 is 5.73 Å². The number of aliphatic hydroxyl groups excluding tert-OH is 1. The highest BCUT2D eigenvalue weighted by Gasteiger charge is 2.55. The van der Waals surface area contributed by atoms with Gasteiger partial charge in [-0.15, -0.1) is 6.42 Å². The molecule has 0 aromatic carbocycles. The molecule has 4 atom stereocenters. The molecule has 4 N–H and O–H groups in total. The number of alkyl halides is 1. The Hall–Kier alpha value is -1.92. The van der Waals surface area contributed by atoms with Crippen molar-refractivity contribution in [1.82, 2.24) is 19.5 Å². The summed E-state index contributed by atoms with van der Waals surface area (Å²) >= 11 is 6.29. The van der Waals surface area contributed by atoms with Crippen LogP contribution in [0.4, 0.5) is 5.95 Å². The zero-order valence-corrected chi connectivity index (χ0v) is 11.3. The molecule has 0 bridgehead atoms. The number of ether oxygens (including phenoxy) is 1. The van der Waals surface area contributed by atoms with E-state index in [0.29, 0.717) is 5.52 Å². The van der Waals surface area contributed by atoms with Gasteiger partial charge in [-0.2, -0.15) is 4.98 Å². The molecule has 3 rings (SSSR count). The van der Waals surface area contributed by atoms with Crippen LogP contribution in [0.5, 0.6) is 0 Å². The first-order chi connectivity index (χ1) is 10.7. The molecular weight excluding hydrogens is 298 g/mol. The van der Waals surface area contributed by atoms with Crippen LogP contribution >= 0.6 is 11.6 Å². The van der Waals surface area contributed by atoms with Gasteiger partial charge in [0.1, 0.15) is 17.7 Å². The van der Waals surface area contributed by atoms with Gasteiger partial charge >= 0.3 is 0 Å². The van der Waals surface area contributed by atoms with Crippen LogP contribution in [0.15, 0.2) is 12.5 Å². The maximum Gasteiger partial charge on any atom is 0.222 e. The topological polar surface area (TPSA) is 119 Å². The molecule has 0 aliphatic carbocycles. The Bertz CT molecular complexity index is 804. The first-order valence-corrected chi connectivity index (χ1v) is 6.24. The molecule has 21 heavy (non-hydrogen) atoms. The van der Waals surface area contributed by atoms with Crippen LogP contribution in [0.3, 0.4) is 0 Å². The molecule has 2 aromatic rings. The van der Waals surface area contributed by atoms with Gasteiger partial charge in [0.2, 0.25) is 5.95 Å². The number of imidazole rings is 1. The fourth-order valence-corrected chi connectivity index (χ4v) is 2.49. The third-order valence-corrected chi connectivity index (χ3v) is 3.81. The number of terminal acetylenes is 1. The number of hydrogen-bond donors (Lipinski definition) is 3. The van der Waals surface area contributed by atoms with Gasteiger partial charge in [0.15, 0.2) is 16.7 Å². The molecule has 9 heteroatoms. The number of aliphatic hydroxyl groups is 2. The first-order valence-electron chi connectivity index (χ1n) is 6.86. The normalized spacial score (nSPS) is 34.5. The largest absolute Gasteiger partial charge is 0.394 e. The van der Waals surface area contributed by atoms with Crippen molar-refractivity contribution in [2.24, 2.45) is 0 Å². The Morgan fingerprint density at radius 2 is 2.43 bits per heavy atom. The van der Waals surface area contributed by atoms with E-state index < -0.39 is 29.9 Å². The van der Waals surface area contributed by atoms with E-state index in [2.05, 4.69) is 20.9 Å². The van der Waals surface area contributed by atoms with Crippen LogP contribution in [0.1, 0.15) is 8.97 Å². The minimum atomic E-state index is -2.85. The molecule has 1 unspecified atom stereocenters. The van der Waals surface area contributed by atoms with Crippen molar-refractivity contribution < 1.29 is 17.7 Å². The Kier molecular flexibility index (Phi) is 2.69. The molecule has 1 aliphatic rings. The zero-order chi connectivity index (χ0) is 17.0. The number of halogens is 1. The van der Waals surface area contributed by atoms with Gasteiger partial charge in [-0.25, -0.2) is 9.97 Å². The van der Waals surface area contributed by atoms with Gasteiger partial charge in [-0.3, -0.25) is 4.57 Å². The second-order valence-corrected chi connectivity index (χ2v) is 5.11. The fourth-order valence-electron chi connectivity index (χ4n) is 2.22. The average molecular weight is 312 g/mol. The smallest absolute Gasteiger partial charge is 0.222 e. The number of aromatic nitrogens is 4. The molecule has 0 radical (unpaired) electrons. The van der Waals surface area contributed by atoms with E-state index in [1.54, 1.807) is 0 Å². The molecule has 8 nitrogen and oxygen atoms in total. The van der Waals surface area contributed by atoms with Gasteiger partial charge in [0, 0.05) is 0 Å². The summed E-state index contributed by atoms with van der Waals surface area (Å²) in [5.41, 5.74) is 6.17. The van der Waals surface area contributed by atoms with Gasteiger partial charge < -0.3 is 20.7 Å². The van der Waals surface area contributed by atoms with E-state index in [1.807, 2.05) is 0 Å². The minimum absolute atomic E-state index is 0.0206. The van der Waals surface area contributed by atoms with Gasteiger partial charge in [-0.1, -0.05) is 17.5 Å². The zero-order valence-electron chi connectivity index (χ0n) is 12.5. The quantitative estimate of drug-likeness (QED) is 0.494. The summed E-state index contributed by atoms with van der Waals surface area (Å²) in [6.07, 6.45) is 3.55. The maximum atomic E-state index is 10.2. The molecule has 0 amide bonds. The van der Waals surface area contributed by atoms with Gasteiger partial charge in [0.25, 0.3) is 0 Å². The third-order valence-electron chi connectivity index (χ3n) is 3.29. The highest BCUT2D eigenvalue weighted by Crippen LogP contribution is 2.43. The van der Waals surface area contributed by atoms with Crippen LogP contribution in [-0.2, 0) is 4.74 Å². The highest BCUT2D eigenvalue weighted by atomic mass is 35.5. The van der Waals surface area contributed by atoms with Crippen molar-refractivity contribution in [3.05, 3.63) is 12.5 Å². The molecule has 2 aromatic heterocycles. The van der Waals surface area contributed by atoms with E-state index >= 15 is 0 Å². The van der Waals surface area contributed by atoms with Gasteiger partial charge in [-0.05, 0) is 0 Å². The standard InChI is InChI=1S/C12H12ClN5O3/c1-2-12(13)8(20)7(4-19)21-10(12)18-5-16-6-3-15-11(14)17-9(6)18/h1,3,5,7-8,10,19-20H,4H2,(H2,14,15,17)/t7-,8+,10-,12?/m1/s1/i4D2.